The maximum Gasteiger partial charge on any atom is 0.359 e. The number of aromatic nitrogens is 3. The van der Waals surface area contributed by atoms with Gasteiger partial charge in [-0.15, -0.1) is 0 Å². The normalized spacial score (nSPS) is 13.0. The van der Waals surface area contributed by atoms with Gasteiger partial charge in [0.2, 0.25) is 0 Å². The van der Waals surface area contributed by atoms with Crippen LogP contribution in [0.15, 0.2) is 77.7 Å². The maximum atomic E-state index is 13.7. The van der Waals surface area contributed by atoms with Crippen molar-refractivity contribution in [3.05, 3.63) is 100 Å². The highest BCUT2D eigenvalue weighted by Gasteiger charge is 2.35. The Morgan fingerprint density at radius 3 is 2.47 bits per heavy atom. The summed E-state index contributed by atoms with van der Waals surface area (Å²) in [5.41, 5.74) is 3.64. The van der Waals surface area contributed by atoms with Gasteiger partial charge in [0.05, 0.1) is 12.3 Å². The molecule has 0 aliphatic carbocycles. The van der Waals surface area contributed by atoms with Crippen LogP contribution in [-0.2, 0) is 11.2 Å². The Morgan fingerprint density at radius 1 is 1.00 bits per heavy atom. The Labute approximate surface area is 195 Å². The molecule has 0 radical (unpaired) electrons. The number of pyridine rings is 1. The van der Waals surface area contributed by atoms with Crippen molar-refractivity contribution in [3.8, 4) is 16.8 Å². The van der Waals surface area contributed by atoms with Gasteiger partial charge in [-0.05, 0) is 55.3 Å². The molecule has 170 valence electrons. The largest absolute Gasteiger partial charge is 0.461 e. The lowest BCUT2D eigenvalue weighted by molar-refractivity contribution is 0.0517. The van der Waals surface area contributed by atoms with Crippen LogP contribution >= 0.6 is 0 Å². The van der Waals surface area contributed by atoms with E-state index in [2.05, 4.69) is 10.1 Å². The number of aromatic amines is 1. The summed E-state index contributed by atoms with van der Waals surface area (Å²) in [6.45, 7) is 2.35. The van der Waals surface area contributed by atoms with Crippen LogP contribution in [0, 0.1) is 0 Å². The maximum absolute atomic E-state index is 13.7. The number of nitrogens with one attached hydrogen (secondary N) is 1. The van der Waals surface area contributed by atoms with Crippen LogP contribution in [0.3, 0.4) is 0 Å². The zero-order valence-electron chi connectivity index (χ0n) is 18.5. The minimum absolute atomic E-state index is 0.173. The molecule has 2 aromatic carbocycles. The van der Waals surface area contributed by atoms with E-state index in [1.54, 1.807) is 30.2 Å². The van der Waals surface area contributed by atoms with E-state index in [9.17, 15) is 14.4 Å². The number of ether oxygens (including phenoxy) is 1. The standard InChI is InChI=1S/C26H22N4O4/c1-2-34-26(33)22-21-14-16-29(25(32)23(21)30(28-22)19-7-4-3-5-8-19)18-12-10-17(11-13-18)20-9-6-15-27-24(20)31/h3-13,15H,2,14,16H2,1H3,(H,27,31). The molecule has 34 heavy (non-hydrogen) atoms. The smallest absolute Gasteiger partial charge is 0.359 e. The molecule has 0 saturated heterocycles. The van der Waals surface area contributed by atoms with Gasteiger partial charge in [-0.3, -0.25) is 9.59 Å². The number of nitrogens with zero attached hydrogens (tertiary/aromatic N) is 3. The molecule has 1 amide bonds. The molecule has 1 aliphatic heterocycles. The second-order valence-electron chi connectivity index (χ2n) is 7.81. The van der Waals surface area contributed by atoms with E-state index in [0.29, 0.717) is 41.2 Å². The van der Waals surface area contributed by atoms with Gasteiger partial charge in [-0.2, -0.15) is 5.10 Å². The van der Waals surface area contributed by atoms with Gasteiger partial charge in [0.25, 0.3) is 11.5 Å². The number of H-pyrrole nitrogens is 1. The summed E-state index contributed by atoms with van der Waals surface area (Å²) < 4.78 is 6.71. The van der Waals surface area contributed by atoms with Crippen molar-refractivity contribution in [1.82, 2.24) is 14.8 Å². The van der Waals surface area contributed by atoms with Gasteiger partial charge in [0.1, 0.15) is 5.69 Å². The van der Waals surface area contributed by atoms with Gasteiger partial charge in [-0.25, -0.2) is 9.48 Å². The summed E-state index contributed by atoms with van der Waals surface area (Å²) in [4.78, 5) is 42.7. The zero-order chi connectivity index (χ0) is 23.7. The molecule has 0 fully saturated rings. The Balaban J connectivity index is 1.54. The van der Waals surface area contributed by atoms with Gasteiger partial charge < -0.3 is 14.6 Å². The quantitative estimate of drug-likeness (QED) is 0.465. The van der Waals surface area contributed by atoms with Crippen molar-refractivity contribution in [2.24, 2.45) is 0 Å². The van der Waals surface area contributed by atoms with Crippen molar-refractivity contribution >= 4 is 17.6 Å². The Hall–Kier alpha value is -4.46. The third kappa shape index (κ3) is 3.69. The van der Waals surface area contributed by atoms with E-state index < -0.39 is 5.97 Å². The first-order chi connectivity index (χ1) is 16.6. The van der Waals surface area contributed by atoms with Crippen molar-refractivity contribution < 1.29 is 14.3 Å². The van der Waals surface area contributed by atoms with Crippen molar-refractivity contribution in [2.75, 3.05) is 18.1 Å². The van der Waals surface area contributed by atoms with Gasteiger partial charge in [-0.1, -0.05) is 30.3 Å². The van der Waals surface area contributed by atoms with Crippen LogP contribution in [0.25, 0.3) is 16.8 Å². The lowest BCUT2D eigenvalue weighted by atomic mass is 10.0. The van der Waals surface area contributed by atoms with Crippen molar-refractivity contribution in [1.29, 1.82) is 0 Å². The van der Waals surface area contributed by atoms with Crippen LogP contribution in [0.5, 0.6) is 0 Å². The summed E-state index contributed by atoms with van der Waals surface area (Å²) in [7, 11) is 0. The SMILES string of the molecule is CCOC(=O)c1nn(-c2ccccc2)c2c1CCN(c1ccc(-c3ccc[nH]c3=O)cc1)C2=O. The first kappa shape index (κ1) is 21.4. The van der Waals surface area contributed by atoms with E-state index in [4.69, 9.17) is 4.74 Å². The lowest BCUT2D eigenvalue weighted by Gasteiger charge is -2.28. The molecule has 5 rings (SSSR count). The molecule has 2 aromatic heterocycles. The van der Waals surface area contributed by atoms with Crippen LogP contribution < -0.4 is 10.5 Å². The van der Waals surface area contributed by atoms with Crippen LogP contribution in [-0.4, -0.2) is 39.8 Å². The molecule has 0 saturated carbocycles. The molecule has 8 nitrogen and oxygen atoms in total. The van der Waals surface area contributed by atoms with Crippen LogP contribution in [0.1, 0.15) is 33.5 Å². The Morgan fingerprint density at radius 2 is 1.76 bits per heavy atom. The summed E-state index contributed by atoms with van der Waals surface area (Å²) in [6, 6.07) is 20.0. The summed E-state index contributed by atoms with van der Waals surface area (Å²) in [6.07, 6.45) is 2.05. The highest BCUT2D eigenvalue weighted by molar-refractivity contribution is 6.09. The number of esters is 1. The average molecular weight is 454 g/mol. The van der Waals surface area contributed by atoms with E-state index >= 15 is 0 Å². The highest BCUT2D eigenvalue weighted by atomic mass is 16.5. The number of hydrogen-bond acceptors (Lipinski definition) is 5. The molecular weight excluding hydrogens is 432 g/mol. The third-order valence-corrected chi connectivity index (χ3v) is 5.79. The predicted octanol–water partition coefficient (Wildman–Crippen LogP) is 3.61. The first-order valence-electron chi connectivity index (χ1n) is 11.0. The molecule has 0 spiro atoms. The molecule has 0 atom stereocenters. The zero-order valence-corrected chi connectivity index (χ0v) is 18.5. The number of carbonyl (C=O) groups is 2. The third-order valence-electron chi connectivity index (χ3n) is 5.79. The predicted molar refractivity (Wildman–Crippen MR) is 127 cm³/mol. The second kappa shape index (κ2) is 8.82. The monoisotopic (exact) mass is 454 g/mol. The van der Waals surface area contributed by atoms with Gasteiger partial charge >= 0.3 is 5.97 Å². The fourth-order valence-electron chi connectivity index (χ4n) is 4.20. The fraction of sp³-hybridized carbons (Fsp3) is 0.154. The molecule has 3 heterocycles. The van der Waals surface area contributed by atoms with E-state index in [1.807, 2.05) is 54.6 Å². The Bertz CT molecular complexity index is 1420. The molecule has 0 unspecified atom stereocenters. The van der Waals surface area contributed by atoms with Crippen LogP contribution in [0.2, 0.25) is 0 Å². The average Bonchev–Trinajstić information content (AvgIpc) is 3.26. The number of fused-ring (bicyclic) bond motifs is 1. The molecule has 1 aliphatic rings. The van der Waals surface area contributed by atoms with E-state index in [-0.39, 0.29) is 23.8 Å². The van der Waals surface area contributed by atoms with Crippen molar-refractivity contribution in [3.63, 3.8) is 0 Å². The molecule has 8 heteroatoms. The molecular formula is C26H22N4O4. The number of carbonyl (C=O) groups excluding carboxylic acids is 2. The van der Waals surface area contributed by atoms with Gasteiger partial charge in [0.15, 0.2) is 5.69 Å². The minimum atomic E-state index is -0.535. The highest BCUT2D eigenvalue weighted by Crippen LogP contribution is 2.30. The summed E-state index contributed by atoms with van der Waals surface area (Å²) >= 11 is 0. The van der Waals surface area contributed by atoms with Gasteiger partial charge in [0, 0.05) is 29.6 Å². The molecule has 4 aromatic rings. The number of benzene rings is 2. The first-order valence-corrected chi connectivity index (χ1v) is 11.0. The van der Waals surface area contributed by atoms with Crippen LogP contribution in [0.4, 0.5) is 5.69 Å². The summed E-state index contributed by atoms with van der Waals surface area (Å²) in [5, 5.41) is 4.48. The Kier molecular flexibility index (Phi) is 5.55. The fourth-order valence-corrected chi connectivity index (χ4v) is 4.20. The second-order valence-corrected chi connectivity index (χ2v) is 7.81. The number of amides is 1. The van der Waals surface area contributed by atoms with Crippen molar-refractivity contribution in [2.45, 2.75) is 13.3 Å². The minimum Gasteiger partial charge on any atom is -0.461 e. The summed E-state index contributed by atoms with van der Waals surface area (Å²) in [5.74, 6) is -0.787. The number of rotatable bonds is 5. The van der Waals surface area contributed by atoms with E-state index in [0.717, 1.165) is 5.56 Å². The number of para-hydroxylation sites is 1. The molecule has 1 N–H and O–H groups in total. The lowest BCUT2D eigenvalue weighted by Crippen LogP contribution is -2.39. The topological polar surface area (TPSA) is 97.3 Å². The number of hydrogen-bond donors (Lipinski definition) is 1. The number of anilines is 1. The molecule has 0 bridgehead atoms. The van der Waals surface area contributed by atoms with E-state index in [1.165, 1.54) is 4.68 Å².